The maximum Gasteiger partial charge on any atom is 0.410 e. The number of aliphatic hydroxyl groups is 2. The normalized spacial score (nSPS) is 18.6. The van der Waals surface area contributed by atoms with Crippen LogP contribution in [0.4, 0.5) is 27.2 Å². The highest BCUT2D eigenvalue weighted by atomic mass is 35.5. The van der Waals surface area contributed by atoms with Crippen molar-refractivity contribution in [3.8, 4) is 0 Å². The molecule has 2 fully saturated rings. The van der Waals surface area contributed by atoms with Crippen LogP contribution in [0.25, 0.3) is 0 Å². The quantitative estimate of drug-likeness (QED) is 0.0390. The number of rotatable bonds is 18. The van der Waals surface area contributed by atoms with E-state index >= 15 is 0 Å². The molecule has 5 aromatic rings. The van der Waals surface area contributed by atoms with Crippen molar-refractivity contribution in [3.63, 3.8) is 0 Å². The van der Waals surface area contributed by atoms with E-state index < -0.39 is 34.6 Å². The Morgan fingerprint density at radius 1 is 0.658 bits per heavy atom. The minimum absolute atomic E-state index is 0.303. The Morgan fingerprint density at radius 2 is 1.11 bits per heavy atom. The van der Waals surface area contributed by atoms with Crippen molar-refractivity contribution in [1.82, 2.24) is 10.2 Å². The summed E-state index contributed by atoms with van der Waals surface area (Å²) < 4.78 is 62.8. The highest BCUT2D eigenvalue weighted by molar-refractivity contribution is 6.35. The lowest BCUT2D eigenvalue weighted by molar-refractivity contribution is -0.0529. The second-order valence-corrected chi connectivity index (χ2v) is 18.6. The average molecular weight is 1070 g/mol. The molecule has 4 unspecified atom stereocenters. The molecule has 0 aliphatic carbocycles. The van der Waals surface area contributed by atoms with E-state index in [0.29, 0.717) is 105 Å². The Hall–Kier alpha value is -5.93. The van der Waals surface area contributed by atoms with Gasteiger partial charge in [-0.2, -0.15) is 0 Å². The van der Waals surface area contributed by atoms with Crippen LogP contribution in [-0.4, -0.2) is 52.8 Å². The molecule has 5 aromatic carbocycles. The molecule has 2 amide bonds. The van der Waals surface area contributed by atoms with Crippen LogP contribution in [0.15, 0.2) is 166 Å². The zero-order valence-electron chi connectivity index (χ0n) is 40.5. The second-order valence-electron chi connectivity index (χ2n) is 17.4. The molecule has 390 valence electrons. The molecule has 5 N–H and O–H groups in total. The van der Waals surface area contributed by atoms with Crippen LogP contribution in [-0.2, 0) is 38.4 Å². The number of alkyl carbamates (subject to hydrolysis) is 1. The minimum Gasteiger partial charge on any atom is -0.438 e. The van der Waals surface area contributed by atoms with Crippen LogP contribution in [0.3, 0.4) is 0 Å². The van der Waals surface area contributed by atoms with Gasteiger partial charge in [0.15, 0.2) is 0 Å². The molecule has 2 saturated heterocycles. The SMILES string of the molecule is C=CCC(O)(CCCl)c1ccc(F)cc1.C=CCC(O)(CCN)c1ccc(F)cc1.C=CCC1(c2ccc(F)cc2)CCN(Cc2ccc(Cl)cc2Cl)C(=O)O1.C=CCC1(c2ccc(F)cc2)CCNC(=O)O1. The maximum absolute atomic E-state index is 13.3. The van der Waals surface area contributed by atoms with Gasteiger partial charge in [-0.25, -0.2) is 27.2 Å². The molecule has 2 aliphatic heterocycles. The molecule has 2 heterocycles. The zero-order valence-corrected chi connectivity index (χ0v) is 42.8. The second kappa shape index (κ2) is 28.5. The highest BCUT2D eigenvalue weighted by Crippen LogP contribution is 2.39. The van der Waals surface area contributed by atoms with Gasteiger partial charge in [-0.05, 0) is 121 Å². The van der Waals surface area contributed by atoms with Gasteiger partial charge in [0.05, 0.1) is 17.7 Å². The predicted molar refractivity (Wildman–Crippen MR) is 282 cm³/mol. The van der Waals surface area contributed by atoms with Crippen LogP contribution < -0.4 is 11.1 Å². The number of nitrogens with zero attached hydrogens (tertiary/aromatic N) is 1. The molecule has 73 heavy (non-hydrogen) atoms. The number of nitrogens with one attached hydrogen (secondary N) is 1. The number of alkyl halides is 1. The van der Waals surface area contributed by atoms with Gasteiger partial charge >= 0.3 is 12.2 Å². The van der Waals surface area contributed by atoms with Gasteiger partial charge in [0, 0.05) is 54.7 Å². The third kappa shape index (κ3) is 17.1. The standard InChI is InChI=1S/C20H18Cl2FNO2.C13H14FNO2.C12H14ClFO.C12H16FNO/c1-2-9-20(15-4-7-17(23)8-5-15)10-11-24(19(25)26-20)13-14-3-6-16(21)12-18(14)22;1-2-7-13(8-9-15-12(16)17-13)10-3-5-11(14)6-4-10;1-2-7-12(15,8-9-13)10-3-5-11(14)6-4-10;1-2-7-12(15,8-9-14)10-3-5-11(13)6-4-10/h2-8,12H,1,9-11,13H2;2-6H,1,7-9H2,(H,15,16);2-6,15H,1,7-9H2;2-6,15H,1,7-9,14H2. The zero-order chi connectivity index (χ0) is 53.7. The van der Waals surface area contributed by atoms with Crippen molar-refractivity contribution in [2.75, 3.05) is 25.5 Å². The van der Waals surface area contributed by atoms with Crippen molar-refractivity contribution in [3.05, 3.63) is 227 Å². The van der Waals surface area contributed by atoms with Crippen molar-refractivity contribution < 1.29 is 46.8 Å². The Labute approximate surface area is 440 Å². The lowest BCUT2D eigenvalue weighted by Gasteiger charge is -2.41. The van der Waals surface area contributed by atoms with Crippen LogP contribution in [0.1, 0.15) is 79.2 Å². The largest absolute Gasteiger partial charge is 0.438 e. The van der Waals surface area contributed by atoms with E-state index in [1.54, 1.807) is 95.9 Å². The molecule has 0 aromatic heterocycles. The van der Waals surface area contributed by atoms with Crippen molar-refractivity contribution in [2.45, 2.75) is 80.3 Å². The predicted octanol–water partition coefficient (Wildman–Crippen LogP) is 13.8. The molecule has 0 saturated carbocycles. The summed E-state index contributed by atoms with van der Waals surface area (Å²) in [5, 5.41) is 24.3. The van der Waals surface area contributed by atoms with Crippen LogP contribution in [0.5, 0.6) is 0 Å². The number of amides is 2. The van der Waals surface area contributed by atoms with Gasteiger partial charge in [-0.1, -0.05) is 102 Å². The first-order chi connectivity index (χ1) is 34.8. The summed E-state index contributed by atoms with van der Waals surface area (Å²) in [7, 11) is 0. The fourth-order valence-electron chi connectivity index (χ4n) is 8.34. The summed E-state index contributed by atoms with van der Waals surface area (Å²) >= 11 is 17.7. The summed E-state index contributed by atoms with van der Waals surface area (Å²) in [6.07, 6.45) is 9.69. The van der Waals surface area contributed by atoms with Gasteiger partial charge in [0.1, 0.15) is 34.5 Å². The Bertz CT molecular complexity index is 2530. The summed E-state index contributed by atoms with van der Waals surface area (Å²) in [6.45, 7) is 16.4. The summed E-state index contributed by atoms with van der Waals surface area (Å²) in [5.74, 6) is -0.911. The summed E-state index contributed by atoms with van der Waals surface area (Å²) in [5.41, 5.74) is 5.56. The van der Waals surface area contributed by atoms with Crippen LogP contribution in [0, 0.1) is 23.3 Å². The molecule has 4 atom stereocenters. The monoisotopic (exact) mass is 1070 g/mol. The van der Waals surface area contributed by atoms with E-state index in [0.717, 1.165) is 16.7 Å². The van der Waals surface area contributed by atoms with Crippen molar-refractivity contribution in [2.24, 2.45) is 5.73 Å². The number of cyclic esters (lactones) is 2. The lowest BCUT2D eigenvalue weighted by Crippen LogP contribution is -2.47. The Morgan fingerprint density at radius 3 is 1.51 bits per heavy atom. The van der Waals surface area contributed by atoms with Crippen molar-refractivity contribution in [1.29, 1.82) is 0 Å². The highest BCUT2D eigenvalue weighted by Gasteiger charge is 2.42. The van der Waals surface area contributed by atoms with E-state index in [1.165, 1.54) is 48.5 Å². The fraction of sp³-hybridized carbons (Fsp3) is 0.298. The third-order valence-electron chi connectivity index (χ3n) is 12.3. The van der Waals surface area contributed by atoms with Crippen molar-refractivity contribution >= 4 is 47.0 Å². The van der Waals surface area contributed by atoms with Gasteiger partial charge in [0.25, 0.3) is 0 Å². The summed E-state index contributed by atoms with van der Waals surface area (Å²) in [6, 6.07) is 28.9. The number of hydrogen-bond acceptors (Lipinski definition) is 7. The fourth-order valence-corrected chi connectivity index (χ4v) is 9.13. The van der Waals surface area contributed by atoms with Gasteiger partial charge in [-0.15, -0.1) is 37.9 Å². The minimum atomic E-state index is -1.03. The maximum atomic E-state index is 13.3. The first kappa shape index (κ1) is 59.6. The van der Waals surface area contributed by atoms with Gasteiger partial charge in [0.2, 0.25) is 0 Å². The molecule has 0 spiro atoms. The van der Waals surface area contributed by atoms with Gasteiger partial charge < -0.3 is 35.6 Å². The molecule has 0 bridgehead atoms. The van der Waals surface area contributed by atoms with E-state index in [1.807, 2.05) is 0 Å². The van der Waals surface area contributed by atoms with Gasteiger partial charge in [-0.3, -0.25) is 0 Å². The van der Waals surface area contributed by atoms with E-state index in [2.05, 4.69) is 31.6 Å². The van der Waals surface area contributed by atoms with E-state index in [9.17, 15) is 37.4 Å². The molecule has 9 nitrogen and oxygen atoms in total. The third-order valence-corrected chi connectivity index (χ3v) is 13.0. The number of ether oxygens (including phenoxy) is 2. The average Bonchev–Trinajstić information content (AvgIpc) is 3.35. The number of carbonyl (C=O) groups is 2. The lowest BCUT2D eigenvalue weighted by atomic mass is 9.86. The number of carbonyl (C=O) groups excluding carboxylic acids is 2. The number of benzene rings is 5. The number of halogens is 7. The number of hydrogen-bond donors (Lipinski definition) is 4. The molecule has 16 heteroatoms. The molecular weight excluding hydrogens is 1000 g/mol. The van der Waals surface area contributed by atoms with Crippen LogP contribution in [0.2, 0.25) is 10.0 Å². The smallest absolute Gasteiger partial charge is 0.410 e. The molecule has 2 aliphatic rings. The molecular formula is C57H62Cl3F4N3O6. The van der Waals surface area contributed by atoms with E-state index in [4.69, 9.17) is 50.0 Å². The first-order valence-corrected chi connectivity index (χ1v) is 24.7. The molecule has 7 rings (SSSR count). The Balaban J connectivity index is 0.000000218. The first-order valence-electron chi connectivity index (χ1n) is 23.4. The summed E-state index contributed by atoms with van der Waals surface area (Å²) in [4.78, 5) is 25.6. The van der Waals surface area contributed by atoms with E-state index in [-0.39, 0.29) is 23.3 Å². The molecule has 0 radical (unpaired) electrons. The number of nitrogens with two attached hydrogens (primary N) is 1. The Kier molecular flexibility index (Phi) is 23.3. The van der Waals surface area contributed by atoms with Crippen LogP contribution >= 0.6 is 34.8 Å². The topological polar surface area (TPSA) is 134 Å².